The number of benzene rings is 3. The third-order valence-corrected chi connectivity index (χ3v) is 7.71. The molecule has 1 aliphatic carbocycles. The van der Waals surface area contributed by atoms with Crippen molar-refractivity contribution >= 4 is 28.7 Å². The van der Waals surface area contributed by atoms with E-state index < -0.39 is 5.97 Å². The van der Waals surface area contributed by atoms with Crippen LogP contribution in [0.1, 0.15) is 67.6 Å². The van der Waals surface area contributed by atoms with E-state index in [4.69, 9.17) is 0 Å². The Morgan fingerprint density at radius 2 is 1.39 bits per heavy atom. The Kier molecular flexibility index (Phi) is 4.82. The van der Waals surface area contributed by atoms with Crippen molar-refractivity contribution in [2.45, 2.75) is 57.9 Å². The molecular formula is C29H32N2O2. The van der Waals surface area contributed by atoms with Gasteiger partial charge in [0, 0.05) is 18.4 Å². The van der Waals surface area contributed by atoms with Gasteiger partial charge in [0.1, 0.15) is 0 Å². The van der Waals surface area contributed by atoms with Crippen molar-refractivity contribution in [1.82, 2.24) is 0 Å². The largest absolute Gasteiger partial charge is 0.478 e. The van der Waals surface area contributed by atoms with Gasteiger partial charge in [0.15, 0.2) is 0 Å². The average Bonchev–Trinajstić information content (AvgIpc) is 2.91. The van der Waals surface area contributed by atoms with E-state index in [0.717, 1.165) is 18.7 Å². The van der Waals surface area contributed by atoms with Crippen molar-refractivity contribution in [1.29, 1.82) is 0 Å². The second kappa shape index (κ2) is 7.38. The lowest BCUT2D eigenvalue weighted by molar-refractivity contribution is 0.0697. The van der Waals surface area contributed by atoms with Gasteiger partial charge in [-0.2, -0.15) is 0 Å². The monoisotopic (exact) mass is 440 g/mol. The van der Waals surface area contributed by atoms with Crippen LogP contribution >= 0.6 is 0 Å². The SMILES string of the molecule is CN1c2ccccc2CN(c2ccc(C(=O)O)cc2)c2cc3c(cc21)C(C)(C)CCC3(C)C. The van der Waals surface area contributed by atoms with Crippen molar-refractivity contribution in [3.63, 3.8) is 0 Å². The molecule has 0 atom stereocenters. The van der Waals surface area contributed by atoms with Crippen LogP contribution in [0.2, 0.25) is 0 Å². The van der Waals surface area contributed by atoms with Gasteiger partial charge >= 0.3 is 5.97 Å². The molecule has 0 fully saturated rings. The first-order chi connectivity index (χ1) is 15.6. The summed E-state index contributed by atoms with van der Waals surface area (Å²) in [4.78, 5) is 16.1. The minimum absolute atomic E-state index is 0.108. The molecule has 0 saturated carbocycles. The molecule has 0 bridgehead atoms. The minimum atomic E-state index is -0.902. The third kappa shape index (κ3) is 3.49. The molecule has 0 saturated heterocycles. The van der Waals surface area contributed by atoms with Gasteiger partial charge in [-0.05, 0) is 82.8 Å². The number of carboxylic acids is 1. The highest BCUT2D eigenvalue weighted by Crippen LogP contribution is 2.52. The molecule has 3 aromatic rings. The van der Waals surface area contributed by atoms with Gasteiger partial charge in [-0.15, -0.1) is 0 Å². The van der Waals surface area contributed by atoms with Gasteiger partial charge < -0.3 is 14.9 Å². The quantitative estimate of drug-likeness (QED) is 0.459. The number of carbonyl (C=O) groups is 1. The Balaban J connectivity index is 1.77. The van der Waals surface area contributed by atoms with E-state index in [1.54, 1.807) is 12.1 Å². The predicted octanol–water partition coefficient (Wildman–Crippen LogP) is 7.15. The molecule has 0 unspecified atom stereocenters. The highest BCUT2D eigenvalue weighted by atomic mass is 16.4. The highest BCUT2D eigenvalue weighted by Gasteiger charge is 2.39. The third-order valence-electron chi connectivity index (χ3n) is 7.71. The summed E-state index contributed by atoms with van der Waals surface area (Å²) in [6.07, 6.45) is 2.33. The van der Waals surface area contributed by atoms with Gasteiger partial charge in [0.2, 0.25) is 0 Å². The topological polar surface area (TPSA) is 43.8 Å². The van der Waals surface area contributed by atoms with Crippen LogP contribution in [0.3, 0.4) is 0 Å². The summed E-state index contributed by atoms with van der Waals surface area (Å²) in [5.41, 5.74) is 9.20. The molecule has 4 nitrogen and oxygen atoms in total. The molecule has 1 heterocycles. The molecule has 0 aromatic heterocycles. The van der Waals surface area contributed by atoms with Crippen molar-refractivity contribution in [3.05, 3.63) is 82.9 Å². The van der Waals surface area contributed by atoms with Gasteiger partial charge in [0.05, 0.1) is 23.5 Å². The lowest BCUT2D eigenvalue weighted by Gasteiger charge is -2.43. The molecule has 33 heavy (non-hydrogen) atoms. The van der Waals surface area contributed by atoms with Crippen LogP contribution < -0.4 is 9.80 Å². The molecule has 4 heteroatoms. The number of rotatable bonds is 2. The molecule has 3 aromatic carbocycles. The number of carboxylic acid groups (broad SMARTS) is 1. The second-order valence-electron chi connectivity index (χ2n) is 10.8. The molecular weight excluding hydrogens is 408 g/mol. The number of aromatic carboxylic acids is 1. The molecule has 0 radical (unpaired) electrons. The first-order valence-electron chi connectivity index (χ1n) is 11.7. The van der Waals surface area contributed by atoms with Gasteiger partial charge in [0.25, 0.3) is 0 Å². The van der Waals surface area contributed by atoms with E-state index >= 15 is 0 Å². The summed E-state index contributed by atoms with van der Waals surface area (Å²) in [6, 6.07) is 20.6. The number of fused-ring (bicyclic) bond motifs is 3. The highest BCUT2D eigenvalue weighted by molar-refractivity contribution is 5.89. The van der Waals surface area contributed by atoms with Crippen LogP contribution in [0.4, 0.5) is 22.7 Å². The summed E-state index contributed by atoms with van der Waals surface area (Å²) in [7, 11) is 2.15. The molecule has 2 aliphatic rings. The Bertz CT molecular complexity index is 1240. The number of para-hydroxylation sites is 1. The Labute approximate surface area is 196 Å². The molecule has 170 valence electrons. The maximum atomic E-state index is 11.4. The maximum absolute atomic E-state index is 11.4. The van der Waals surface area contributed by atoms with E-state index in [9.17, 15) is 9.90 Å². The van der Waals surface area contributed by atoms with E-state index in [1.165, 1.54) is 40.2 Å². The van der Waals surface area contributed by atoms with Crippen LogP contribution in [0.25, 0.3) is 0 Å². The van der Waals surface area contributed by atoms with Crippen LogP contribution in [0.5, 0.6) is 0 Å². The van der Waals surface area contributed by atoms with E-state index in [2.05, 4.69) is 80.9 Å². The lowest BCUT2D eigenvalue weighted by Crippen LogP contribution is -2.34. The molecule has 0 spiro atoms. The summed E-state index contributed by atoms with van der Waals surface area (Å²) in [6.45, 7) is 10.2. The predicted molar refractivity (Wildman–Crippen MR) is 135 cm³/mol. The first kappa shape index (κ1) is 21.6. The zero-order valence-electron chi connectivity index (χ0n) is 20.1. The van der Waals surface area contributed by atoms with E-state index in [1.807, 2.05) is 12.1 Å². The molecule has 5 rings (SSSR count). The zero-order valence-corrected chi connectivity index (χ0v) is 20.1. The number of nitrogens with zero attached hydrogens (tertiary/aromatic N) is 2. The molecule has 0 amide bonds. The van der Waals surface area contributed by atoms with Gasteiger partial charge in [-0.3, -0.25) is 0 Å². The number of anilines is 4. The number of hydrogen-bond donors (Lipinski definition) is 1. The summed E-state index contributed by atoms with van der Waals surface area (Å²) in [5, 5.41) is 9.37. The van der Waals surface area contributed by atoms with Crippen molar-refractivity contribution in [3.8, 4) is 0 Å². The fourth-order valence-electron chi connectivity index (χ4n) is 5.45. The average molecular weight is 441 g/mol. The first-order valence-corrected chi connectivity index (χ1v) is 11.7. The summed E-state index contributed by atoms with van der Waals surface area (Å²) < 4.78 is 0. The lowest BCUT2D eigenvalue weighted by atomic mass is 9.63. The van der Waals surface area contributed by atoms with Crippen LogP contribution in [0, 0.1) is 0 Å². The van der Waals surface area contributed by atoms with Crippen LogP contribution in [-0.4, -0.2) is 18.1 Å². The number of hydrogen-bond acceptors (Lipinski definition) is 3. The van der Waals surface area contributed by atoms with Crippen LogP contribution in [-0.2, 0) is 17.4 Å². The second-order valence-corrected chi connectivity index (χ2v) is 10.8. The van der Waals surface area contributed by atoms with E-state index in [0.29, 0.717) is 5.56 Å². The van der Waals surface area contributed by atoms with Crippen molar-refractivity contribution in [2.24, 2.45) is 0 Å². The maximum Gasteiger partial charge on any atom is 0.335 e. The van der Waals surface area contributed by atoms with Crippen LogP contribution in [0.15, 0.2) is 60.7 Å². The standard InChI is InChI=1S/C29H32N2O2/c1-28(2)14-15-29(3,4)23-17-26-25(16-22(23)28)30(5)24-9-7-6-8-20(24)18-31(26)21-12-10-19(11-13-21)27(32)33/h6-13,16-17H,14-15,18H2,1-5H3,(H,32,33). The fourth-order valence-corrected chi connectivity index (χ4v) is 5.45. The van der Waals surface area contributed by atoms with Crippen molar-refractivity contribution < 1.29 is 9.90 Å². The van der Waals surface area contributed by atoms with E-state index in [-0.39, 0.29) is 10.8 Å². The van der Waals surface area contributed by atoms with Gasteiger partial charge in [-0.1, -0.05) is 45.9 Å². The summed E-state index contributed by atoms with van der Waals surface area (Å²) >= 11 is 0. The molecule has 1 N–H and O–H groups in total. The zero-order chi connectivity index (χ0) is 23.5. The van der Waals surface area contributed by atoms with Crippen molar-refractivity contribution in [2.75, 3.05) is 16.8 Å². The molecule has 1 aliphatic heterocycles. The Hall–Kier alpha value is -3.27. The Morgan fingerprint density at radius 3 is 2.00 bits per heavy atom. The smallest absolute Gasteiger partial charge is 0.335 e. The summed E-state index contributed by atoms with van der Waals surface area (Å²) in [5.74, 6) is -0.902. The fraction of sp³-hybridized carbons (Fsp3) is 0.345. The normalized spacial score (nSPS) is 18.1. The van der Waals surface area contributed by atoms with Gasteiger partial charge in [-0.25, -0.2) is 4.79 Å². The minimum Gasteiger partial charge on any atom is -0.478 e. The Morgan fingerprint density at radius 1 is 0.818 bits per heavy atom.